The number of carboxylic acids is 1. The lowest BCUT2D eigenvalue weighted by atomic mass is 10.1. The fourth-order valence-electron chi connectivity index (χ4n) is 3.83. The lowest BCUT2D eigenvalue weighted by molar-refractivity contribution is -0.149. The molecule has 3 aromatic rings. The van der Waals surface area contributed by atoms with Crippen molar-refractivity contribution in [1.29, 1.82) is 0 Å². The fourth-order valence-corrected chi connectivity index (χ4v) is 4.40. The van der Waals surface area contributed by atoms with E-state index in [9.17, 15) is 14.7 Å². The molecule has 0 aliphatic carbocycles. The van der Waals surface area contributed by atoms with Crippen LogP contribution in [0.4, 0.5) is 4.79 Å². The second kappa shape index (κ2) is 16.1. The molecule has 0 aliphatic rings. The Morgan fingerprint density at radius 2 is 1.60 bits per heavy atom. The normalized spacial score (nSPS) is 11.6. The third-order valence-corrected chi connectivity index (χ3v) is 6.20. The monoisotopic (exact) mass is 589 g/mol. The molecule has 3 aromatic carbocycles. The summed E-state index contributed by atoms with van der Waals surface area (Å²) in [5.41, 5.74) is 2.62. The maximum atomic E-state index is 13.0. The van der Waals surface area contributed by atoms with Crippen LogP contribution in [0.25, 0.3) is 0 Å². The van der Waals surface area contributed by atoms with Crippen molar-refractivity contribution in [3.05, 3.63) is 93.5 Å². The minimum absolute atomic E-state index is 0.211. The van der Waals surface area contributed by atoms with Crippen molar-refractivity contribution in [2.75, 3.05) is 32.9 Å². The fraction of sp³-hybridized carbons (Fsp3) is 0.333. The highest BCUT2D eigenvalue weighted by Gasteiger charge is 2.19. The van der Waals surface area contributed by atoms with Crippen molar-refractivity contribution >= 4 is 35.3 Å². The zero-order chi connectivity index (χ0) is 28.9. The number of carbonyl (C=O) groups excluding carboxylic acids is 1. The Balaban J connectivity index is 1.55. The Hall–Kier alpha value is -3.30. The number of rotatable bonds is 15. The Kier molecular flexibility index (Phi) is 12.6. The van der Waals surface area contributed by atoms with Crippen LogP contribution in [0.5, 0.6) is 11.5 Å². The van der Waals surface area contributed by atoms with E-state index in [1.165, 1.54) is 4.90 Å². The van der Waals surface area contributed by atoms with Crippen molar-refractivity contribution in [2.45, 2.75) is 33.0 Å². The van der Waals surface area contributed by atoms with Crippen LogP contribution in [0.15, 0.2) is 66.7 Å². The summed E-state index contributed by atoms with van der Waals surface area (Å²) in [7, 11) is 0. The van der Waals surface area contributed by atoms with Crippen LogP contribution < -0.4 is 9.47 Å². The summed E-state index contributed by atoms with van der Waals surface area (Å²) in [6.45, 7) is 5.28. The van der Waals surface area contributed by atoms with E-state index in [0.717, 1.165) is 16.7 Å². The number of nitrogens with zero attached hydrogens (tertiary/aromatic N) is 1. The minimum Gasteiger partial charge on any atom is -0.492 e. The number of hydrogen-bond acceptors (Lipinski definition) is 6. The van der Waals surface area contributed by atoms with Crippen LogP contribution in [-0.2, 0) is 27.3 Å². The maximum Gasteiger partial charge on any atom is 0.415 e. The van der Waals surface area contributed by atoms with E-state index in [1.807, 2.05) is 19.1 Å². The highest BCUT2D eigenvalue weighted by Crippen LogP contribution is 2.20. The van der Waals surface area contributed by atoms with Gasteiger partial charge in [0, 0.05) is 29.6 Å². The molecular weight excluding hydrogens is 557 g/mol. The highest BCUT2D eigenvalue weighted by molar-refractivity contribution is 6.34. The van der Waals surface area contributed by atoms with E-state index in [0.29, 0.717) is 28.2 Å². The van der Waals surface area contributed by atoms with Gasteiger partial charge in [-0.15, -0.1) is 0 Å². The van der Waals surface area contributed by atoms with E-state index < -0.39 is 18.2 Å². The van der Waals surface area contributed by atoms with Gasteiger partial charge in [-0.3, -0.25) is 0 Å². The van der Waals surface area contributed by atoms with Gasteiger partial charge in [-0.25, -0.2) is 9.59 Å². The number of aryl methyl sites for hydroxylation is 1. The van der Waals surface area contributed by atoms with E-state index >= 15 is 0 Å². The third kappa shape index (κ3) is 10.7. The predicted octanol–water partition coefficient (Wildman–Crippen LogP) is 6.43. The van der Waals surface area contributed by atoms with Gasteiger partial charge in [0.15, 0.2) is 6.10 Å². The first-order valence-corrected chi connectivity index (χ1v) is 13.6. The number of benzene rings is 3. The molecule has 0 saturated heterocycles. The quantitative estimate of drug-likeness (QED) is 0.204. The van der Waals surface area contributed by atoms with E-state index in [1.54, 1.807) is 61.5 Å². The van der Waals surface area contributed by atoms with E-state index in [2.05, 4.69) is 0 Å². The first kappa shape index (κ1) is 31.2. The third-order valence-electron chi connectivity index (χ3n) is 5.77. The van der Waals surface area contributed by atoms with Crippen LogP contribution >= 0.6 is 23.2 Å². The number of hydrogen-bond donors (Lipinski definition) is 1. The lowest BCUT2D eigenvalue weighted by Crippen LogP contribution is -2.39. The Morgan fingerprint density at radius 1 is 0.900 bits per heavy atom. The van der Waals surface area contributed by atoms with Gasteiger partial charge in [-0.1, -0.05) is 47.5 Å². The number of aliphatic carboxylic acids is 1. The topological polar surface area (TPSA) is 94.5 Å². The van der Waals surface area contributed by atoms with Crippen LogP contribution in [0.3, 0.4) is 0 Å². The summed E-state index contributed by atoms with van der Waals surface area (Å²) < 4.78 is 22.5. The number of halogens is 2. The van der Waals surface area contributed by atoms with E-state index in [-0.39, 0.29) is 39.3 Å². The largest absolute Gasteiger partial charge is 0.492 e. The minimum atomic E-state index is -1.000. The van der Waals surface area contributed by atoms with Crippen molar-refractivity contribution in [1.82, 2.24) is 4.90 Å². The first-order chi connectivity index (χ1) is 19.2. The van der Waals surface area contributed by atoms with Crippen molar-refractivity contribution in [3.8, 4) is 11.5 Å². The molecule has 10 heteroatoms. The standard InChI is InChI=1S/C30H33Cl2NO7/c1-3-38-28(29(34)35)18-22-7-9-26(10-8-22)39-14-12-33(30(36)40-27-6-4-5-21(2)15-27)11-13-37-20-23-16-24(31)19-25(32)17-23/h4-10,15-17,19,28H,3,11-14,18,20H2,1-2H3,(H,34,35). The first-order valence-electron chi connectivity index (χ1n) is 12.9. The van der Waals surface area contributed by atoms with E-state index in [4.69, 9.17) is 42.1 Å². The molecule has 8 nitrogen and oxygen atoms in total. The van der Waals surface area contributed by atoms with Crippen LogP contribution in [0.1, 0.15) is 23.6 Å². The highest BCUT2D eigenvalue weighted by atomic mass is 35.5. The molecular formula is C30H33Cl2NO7. The molecule has 0 aliphatic heterocycles. The molecule has 0 radical (unpaired) electrons. The Labute approximate surface area is 244 Å². The molecule has 0 bridgehead atoms. The average Bonchev–Trinajstić information content (AvgIpc) is 2.90. The average molecular weight is 591 g/mol. The lowest BCUT2D eigenvalue weighted by Gasteiger charge is -2.22. The zero-order valence-corrected chi connectivity index (χ0v) is 24.0. The number of amides is 1. The summed E-state index contributed by atoms with van der Waals surface area (Å²) in [5, 5.41) is 10.3. The SMILES string of the molecule is CCOC(Cc1ccc(OCCN(CCOCc2cc(Cl)cc(Cl)c2)C(=O)Oc2cccc(C)c2)cc1)C(=O)O. The molecule has 40 heavy (non-hydrogen) atoms. The van der Waals surface area contributed by atoms with Crippen LogP contribution in [-0.4, -0.2) is 61.1 Å². The number of carbonyl (C=O) groups is 2. The van der Waals surface area contributed by atoms with Crippen molar-refractivity contribution in [3.63, 3.8) is 0 Å². The van der Waals surface area contributed by atoms with Gasteiger partial charge in [0.2, 0.25) is 0 Å². The van der Waals surface area contributed by atoms with Gasteiger partial charge >= 0.3 is 12.1 Å². The smallest absolute Gasteiger partial charge is 0.415 e. The molecule has 214 valence electrons. The van der Waals surface area contributed by atoms with Gasteiger partial charge in [0.1, 0.15) is 18.1 Å². The molecule has 1 amide bonds. The van der Waals surface area contributed by atoms with Gasteiger partial charge in [0.05, 0.1) is 19.8 Å². The molecule has 3 rings (SSSR count). The van der Waals surface area contributed by atoms with Gasteiger partial charge in [-0.2, -0.15) is 0 Å². The molecule has 0 fully saturated rings. The van der Waals surface area contributed by atoms with Gasteiger partial charge in [-0.05, 0) is 73.0 Å². The number of ether oxygens (including phenoxy) is 4. The van der Waals surface area contributed by atoms with Gasteiger partial charge < -0.3 is 29.0 Å². The Bertz CT molecular complexity index is 1230. The second-order valence-corrected chi connectivity index (χ2v) is 9.85. The molecule has 1 atom stereocenters. The summed E-state index contributed by atoms with van der Waals surface area (Å²) in [5.74, 6) is 0.0426. The molecule has 0 saturated carbocycles. The molecule has 0 aromatic heterocycles. The summed E-state index contributed by atoms with van der Waals surface area (Å²) in [4.78, 5) is 25.8. The van der Waals surface area contributed by atoms with Crippen molar-refractivity contribution < 1.29 is 33.6 Å². The molecule has 1 N–H and O–H groups in total. The zero-order valence-electron chi connectivity index (χ0n) is 22.5. The summed E-state index contributed by atoms with van der Waals surface area (Å²) >= 11 is 12.1. The van der Waals surface area contributed by atoms with Crippen molar-refractivity contribution in [2.24, 2.45) is 0 Å². The van der Waals surface area contributed by atoms with Gasteiger partial charge in [0.25, 0.3) is 0 Å². The summed E-state index contributed by atoms with van der Waals surface area (Å²) in [6.07, 6.45) is -1.17. The second-order valence-electron chi connectivity index (χ2n) is 8.98. The number of carboxylic acid groups (broad SMARTS) is 1. The maximum absolute atomic E-state index is 13.0. The van der Waals surface area contributed by atoms with Crippen LogP contribution in [0.2, 0.25) is 10.0 Å². The summed E-state index contributed by atoms with van der Waals surface area (Å²) in [6, 6.07) is 19.6. The molecule has 0 heterocycles. The molecule has 1 unspecified atom stereocenters. The Morgan fingerprint density at radius 3 is 2.25 bits per heavy atom. The van der Waals surface area contributed by atoms with Crippen LogP contribution in [0, 0.1) is 6.92 Å². The molecule has 0 spiro atoms. The predicted molar refractivity (Wildman–Crippen MR) is 154 cm³/mol.